The first-order valence-corrected chi connectivity index (χ1v) is 7.89. The van der Waals surface area contributed by atoms with Gasteiger partial charge in [-0.25, -0.2) is 0 Å². The summed E-state index contributed by atoms with van der Waals surface area (Å²) in [5.74, 6) is 0.956. The molecule has 5 heteroatoms. The van der Waals surface area contributed by atoms with Gasteiger partial charge in [-0.2, -0.15) is 0 Å². The van der Waals surface area contributed by atoms with Crippen molar-refractivity contribution in [2.24, 2.45) is 0 Å². The predicted octanol–water partition coefficient (Wildman–Crippen LogP) is 1.81. The number of hydrogen-bond acceptors (Lipinski definition) is 4. The minimum atomic E-state index is 0.0670. The summed E-state index contributed by atoms with van der Waals surface area (Å²) in [6.07, 6.45) is 3.00. The largest absolute Gasteiger partial charge is 0.496 e. The molecule has 0 saturated carbocycles. The van der Waals surface area contributed by atoms with Gasteiger partial charge in [0.15, 0.2) is 0 Å². The van der Waals surface area contributed by atoms with E-state index in [0.29, 0.717) is 6.42 Å². The van der Waals surface area contributed by atoms with Gasteiger partial charge in [0, 0.05) is 45.3 Å². The summed E-state index contributed by atoms with van der Waals surface area (Å²) in [7, 11) is 3.36. The number of amides is 1. The Hall–Kier alpha value is -1.59. The van der Waals surface area contributed by atoms with Crippen LogP contribution >= 0.6 is 0 Å². The summed E-state index contributed by atoms with van der Waals surface area (Å²) >= 11 is 0. The Labute approximate surface area is 132 Å². The molecule has 1 aliphatic rings. The number of nitrogens with one attached hydrogen (secondary N) is 1. The lowest BCUT2D eigenvalue weighted by atomic mass is 10.1. The standard InChI is InChI=1S/C17H26N2O3/c1-18-17(20)9-10-19(13-15-7-5-11-22-15)12-14-6-3-4-8-16(14)21-2/h3-4,6,8,15H,5,7,9-13H2,1-2H3,(H,18,20). The monoisotopic (exact) mass is 306 g/mol. The van der Waals surface area contributed by atoms with Crippen LogP contribution in [0.5, 0.6) is 5.75 Å². The van der Waals surface area contributed by atoms with Gasteiger partial charge in [-0.15, -0.1) is 0 Å². The van der Waals surface area contributed by atoms with Crippen LogP contribution in [0.25, 0.3) is 0 Å². The lowest BCUT2D eigenvalue weighted by Gasteiger charge is -2.25. The molecule has 1 heterocycles. The Bertz CT molecular complexity index is 473. The Morgan fingerprint density at radius 2 is 2.27 bits per heavy atom. The molecule has 0 aliphatic carbocycles. The molecular weight excluding hydrogens is 280 g/mol. The van der Waals surface area contributed by atoms with E-state index in [-0.39, 0.29) is 12.0 Å². The Morgan fingerprint density at radius 1 is 1.45 bits per heavy atom. The van der Waals surface area contributed by atoms with Crippen LogP contribution in [0.15, 0.2) is 24.3 Å². The van der Waals surface area contributed by atoms with Crippen molar-refractivity contribution in [2.45, 2.75) is 31.9 Å². The van der Waals surface area contributed by atoms with Crippen LogP contribution in [0.2, 0.25) is 0 Å². The van der Waals surface area contributed by atoms with Crippen molar-refractivity contribution in [3.05, 3.63) is 29.8 Å². The highest BCUT2D eigenvalue weighted by Crippen LogP contribution is 2.21. The van der Waals surface area contributed by atoms with Gasteiger partial charge in [0.25, 0.3) is 0 Å². The first-order chi connectivity index (χ1) is 10.7. The summed E-state index contributed by atoms with van der Waals surface area (Å²) in [5, 5.41) is 2.68. The minimum absolute atomic E-state index is 0.0670. The van der Waals surface area contributed by atoms with E-state index < -0.39 is 0 Å². The second-order valence-corrected chi connectivity index (χ2v) is 5.61. The Kier molecular flexibility index (Phi) is 6.68. The zero-order valence-corrected chi connectivity index (χ0v) is 13.5. The van der Waals surface area contributed by atoms with E-state index in [0.717, 1.165) is 50.4 Å². The minimum Gasteiger partial charge on any atom is -0.496 e. The van der Waals surface area contributed by atoms with E-state index in [1.807, 2.05) is 18.2 Å². The smallest absolute Gasteiger partial charge is 0.221 e. The average Bonchev–Trinajstić information content (AvgIpc) is 3.05. The SMILES string of the molecule is CNC(=O)CCN(Cc1ccccc1OC)CC1CCCO1. The molecule has 22 heavy (non-hydrogen) atoms. The lowest BCUT2D eigenvalue weighted by molar-refractivity contribution is -0.121. The third-order valence-electron chi connectivity index (χ3n) is 4.01. The predicted molar refractivity (Wildman–Crippen MR) is 85.9 cm³/mol. The van der Waals surface area contributed by atoms with E-state index in [1.165, 1.54) is 0 Å². The molecule has 1 saturated heterocycles. The number of benzene rings is 1. The highest BCUT2D eigenvalue weighted by atomic mass is 16.5. The number of carbonyl (C=O) groups excluding carboxylic acids is 1. The van der Waals surface area contributed by atoms with Gasteiger partial charge >= 0.3 is 0 Å². The fraction of sp³-hybridized carbons (Fsp3) is 0.588. The fourth-order valence-electron chi connectivity index (χ4n) is 2.77. The lowest BCUT2D eigenvalue weighted by Crippen LogP contribution is -2.35. The van der Waals surface area contributed by atoms with E-state index in [2.05, 4.69) is 16.3 Å². The van der Waals surface area contributed by atoms with E-state index in [9.17, 15) is 4.79 Å². The number of carbonyl (C=O) groups is 1. The molecule has 1 amide bonds. The summed E-state index contributed by atoms with van der Waals surface area (Å²) < 4.78 is 11.2. The van der Waals surface area contributed by atoms with Crippen molar-refractivity contribution in [1.29, 1.82) is 0 Å². The molecule has 0 spiro atoms. The van der Waals surface area contributed by atoms with Gasteiger partial charge in [0.1, 0.15) is 5.75 Å². The molecule has 0 bridgehead atoms. The Morgan fingerprint density at radius 3 is 2.95 bits per heavy atom. The highest BCUT2D eigenvalue weighted by molar-refractivity contribution is 5.75. The van der Waals surface area contributed by atoms with Gasteiger partial charge in [0.05, 0.1) is 13.2 Å². The molecule has 1 aromatic carbocycles. The van der Waals surface area contributed by atoms with Gasteiger partial charge in [0.2, 0.25) is 5.91 Å². The van der Waals surface area contributed by atoms with Crippen LogP contribution in [0.3, 0.4) is 0 Å². The number of nitrogens with zero attached hydrogens (tertiary/aromatic N) is 1. The van der Waals surface area contributed by atoms with Crippen molar-refractivity contribution in [3.63, 3.8) is 0 Å². The van der Waals surface area contributed by atoms with Crippen LogP contribution in [0, 0.1) is 0 Å². The molecule has 122 valence electrons. The normalized spacial score (nSPS) is 17.7. The molecule has 1 N–H and O–H groups in total. The molecule has 1 aromatic rings. The van der Waals surface area contributed by atoms with Crippen LogP contribution in [-0.2, 0) is 16.1 Å². The maximum atomic E-state index is 11.5. The molecule has 1 unspecified atom stereocenters. The molecule has 1 aliphatic heterocycles. The van der Waals surface area contributed by atoms with Crippen LogP contribution in [0.1, 0.15) is 24.8 Å². The number of hydrogen-bond donors (Lipinski definition) is 1. The van der Waals surface area contributed by atoms with E-state index in [4.69, 9.17) is 9.47 Å². The maximum Gasteiger partial charge on any atom is 0.221 e. The highest BCUT2D eigenvalue weighted by Gasteiger charge is 2.20. The second kappa shape index (κ2) is 8.76. The molecule has 0 radical (unpaired) electrons. The third-order valence-corrected chi connectivity index (χ3v) is 4.01. The van der Waals surface area contributed by atoms with Gasteiger partial charge in [-0.1, -0.05) is 18.2 Å². The summed E-state index contributed by atoms with van der Waals surface area (Å²) in [5.41, 5.74) is 1.14. The van der Waals surface area contributed by atoms with E-state index in [1.54, 1.807) is 14.2 Å². The molecular formula is C17H26N2O3. The molecule has 5 nitrogen and oxygen atoms in total. The molecule has 1 atom stereocenters. The van der Waals surface area contributed by atoms with Crippen molar-refractivity contribution in [1.82, 2.24) is 10.2 Å². The second-order valence-electron chi connectivity index (χ2n) is 5.61. The topological polar surface area (TPSA) is 50.8 Å². The molecule has 1 fully saturated rings. The van der Waals surface area contributed by atoms with Crippen LogP contribution < -0.4 is 10.1 Å². The summed E-state index contributed by atoms with van der Waals surface area (Å²) in [6.45, 7) is 3.19. The summed E-state index contributed by atoms with van der Waals surface area (Å²) in [6, 6.07) is 8.03. The number of rotatable bonds is 8. The van der Waals surface area contributed by atoms with Crippen LogP contribution in [0.4, 0.5) is 0 Å². The average molecular weight is 306 g/mol. The van der Waals surface area contributed by atoms with Gasteiger partial charge < -0.3 is 14.8 Å². The number of ether oxygens (including phenoxy) is 2. The van der Waals surface area contributed by atoms with Crippen molar-refractivity contribution < 1.29 is 14.3 Å². The van der Waals surface area contributed by atoms with Crippen molar-refractivity contribution in [3.8, 4) is 5.75 Å². The maximum absolute atomic E-state index is 11.5. The zero-order valence-electron chi connectivity index (χ0n) is 13.5. The first kappa shape index (κ1) is 16.8. The third kappa shape index (κ3) is 5.00. The first-order valence-electron chi connectivity index (χ1n) is 7.89. The quantitative estimate of drug-likeness (QED) is 0.796. The number of para-hydroxylation sites is 1. The fourth-order valence-corrected chi connectivity index (χ4v) is 2.77. The Balaban J connectivity index is 2.00. The van der Waals surface area contributed by atoms with Crippen molar-refractivity contribution >= 4 is 5.91 Å². The molecule has 0 aromatic heterocycles. The van der Waals surface area contributed by atoms with Crippen LogP contribution in [-0.4, -0.2) is 50.8 Å². The van der Waals surface area contributed by atoms with E-state index >= 15 is 0 Å². The van der Waals surface area contributed by atoms with Gasteiger partial charge in [-0.05, 0) is 18.9 Å². The molecule has 2 rings (SSSR count). The van der Waals surface area contributed by atoms with Gasteiger partial charge in [-0.3, -0.25) is 9.69 Å². The summed E-state index contributed by atoms with van der Waals surface area (Å²) in [4.78, 5) is 13.8. The number of methoxy groups -OCH3 is 1. The zero-order chi connectivity index (χ0) is 15.8. The van der Waals surface area contributed by atoms with Crippen molar-refractivity contribution in [2.75, 3.05) is 33.9 Å².